The first-order valence-electron chi connectivity index (χ1n) is 23.5. The van der Waals surface area contributed by atoms with Crippen LogP contribution in [-0.4, -0.2) is 11.3 Å². The predicted octanol–water partition coefficient (Wildman–Crippen LogP) is 15.4. The fourth-order valence-electron chi connectivity index (χ4n) is 12.4. The highest BCUT2D eigenvalue weighted by molar-refractivity contribution is 6.89. The Morgan fingerprint density at radius 2 is 0.908 bits per heavy atom. The van der Waals surface area contributed by atoms with Gasteiger partial charge in [-0.3, -0.25) is 0 Å². The van der Waals surface area contributed by atoms with Crippen LogP contribution >= 0.6 is 0 Å². The number of fused-ring (bicyclic) bond motifs is 18. The number of rotatable bonds is 1. The van der Waals surface area contributed by atoms with Crippen LogP contribution in [0.5, 0.6) is 0 Å². The summed E-state index contributed by atoms with van der Waals surface area (Å²) in [6.07, 6.45) is 0. The van der Waals surface area contributed by atoms with E-state index in [0.717, 1.165) is 0 Å². The summed E-state index contributed by atoms with van der Waals surface area (Å²) in [7, 11) is 0. The van der Waals surface area contributed by atoms with E-state index in [0.29, 0.717) is 0 Å². The van der Waals surface area contributed by atoms with E-state index in [9.17, 15) is 0 Å². The molecular weight excluding hydrogens is 782 g/mol. The zero-order valence-corrected chi connectivity index (χ0v) is 37.8. The Bertz CT molecular complexity index is 4060. The molecule has 0 bridgehead atoms. The van der Waals surface area contributed by atoms with Crippen molar-refractivity contribution in [2.75, 3.05) is 0 Å². The molecule has 1 aromatic heterocycles. The first kappa shape index (κ1) is 37.2. The third-order valence-corrected chi connectivity index (χ3v) is 15.5. The van der Waals surface area contributed by atoms with Gasteiger partial charge in [-0.05, 0) is 144 Å². The second-order valence-electron chi connectivity index (χ2n) is 21.2. The largest absolute Gasteiger partial charge is 0.375 e. The van der Waals surface area contributed by atoms with E-state index in [1.165, 1.54) is 136 Å². The van der Waals surface area contributed by atoms with Crippen LogP contribution in [0.1, 0.15) is 75.3 Å². The Morgan fingerprint density at radius 1 is 0.415 bits per heavy atom. The molecule has 0 N–H and O–H groups in total. The number of nitrogens with zero attached hydrogens (tertiary/aromatic N) is 1. The highest BCUT2D eigenvalue weighted by atomic mass is 14.9. The number of aromatic nitrogens is 1. The van der Waals surface area contributed by atoms with Crippen molar-refractivity contribution < 1.29 is 0 Å². The monoisotopic (exact) mass is 829 g/mol. The maximum Gasteiger partial charge on any atom is 0.329 e. The molecule has 2 aliphatic heterocycles. The van der Waals surface area contributed by atoms with Crippen LogP contribution in [0.2, 0.25) is 0 Å². The summed E-state index contributed by atoms with van der Waals surface area (Å²) in [4.78, 5) is 0. The van der Waals surface area contributed by atoms with Gasteiger partial charge in [0.1, 0.15) is 0 Å². The van der Waals surface area contributed by atoms with Gasteiger partial charge >= 0.3 is 6.85 Å². The van der Waals surface area contributed by atoms with Crippen molar-refractivity contribution in [2.45, 2.75) is 58.3 Å². The van der Waals surface area contributed by atoms with Crippen molar-refractivity contribution in [2.24, 2.45) is 0 Å². The lowest BCUT2D eigenvalue weighted by Crippen LogP contribution is -2.57. The Morgan fingerprint density at radius 3 is 1.52 bits per heavy atom. The zero-order chi connectivity index (χ0) is 43.7. The molecule has 11 aromatic carbocycles. The lowest BCUT2D eigenvalue weighted by atomic mass is 9.41. The molecule has 1 nitrogen and oxygen atoms in total. The molecule has 12 aromatic rings. The molecule has 0 fully saturated rings. The first-order valence-corrected chi connectivity index (χ1v) is 23.5. The van der Waals surface area contributed by atoms with Crippen LogP contribution in [-0.2, 0) is 10.8 Å². The summed E-state index contributed by atoms with van der Waals surface area (Å²) in [6.45, 7) is 14.2. The first-order chi connectivity index (χ1) is 31.5. The minimum Gasteiger partial charge on any atom is -0.375 e. The Labute approximate surface area is 380 Å². The van der Waals surface area contributed by atoms with Gasteiger partial charge in [0, 0.05) is 33.3 Å². The molecule has 0 spiro atoms. The lowest BCUT2D eigenvalue weighted by Gasteiger charge is -2.40. The van der Waals surface area contributed by atoms with E-state index >= 15 is 0 Å². The zero-order valence-electron chi connectivity index (χ0n) is 37.8. The van der Waals surface area contributed by atoms with Crippen molar-refractivity contribution in [1.29, 1.82) is 0 Å². The Kier molecular flexibility index (Phi) is 7.31. The SMILES string of the molecule is CC(C)(C)c1cc(C2c3cc4cc5c6ccccc6c6ccccc6c5cc4cc3B3c4c2cc2ccccc2c4-c2cc4ccccc4c4c5ccccc5n3c24)cc(C(C)(C)C)c1. The molecule has 0 saturated carbocycles. The normalized spacial score (nSPS) is 14.7. The molecule has 0 radical (unpaired) electrons. The highest BCUT2D eigenvalue weighted by Gasteiger charge is 2.45. The average molecular weight is 830 g/mol. The molecule has 308 valence electrons. The summed E-state index contributed by atoms with van der Waals surface area (Å²) < 4.78 is 2.75. The van der Waals surface area contributed by atoms with Crippen molar-refractivity contribution in [3.05, 3.63) is 204 Å². The van der Waals surface area contributed by atoms with Gasteiger partial charge in [-0.25, -0.2) is 0 Å². The topological polar surface area (TPSA) is 4.93 Å². The van der Waals surface area contributed by atoms with E-state index in [1.807, 2.05) is 0 Å². The van der Waals surface area contributed by atoms with E-state index < -0.39 is 0 Å². The summed E-state index contributed by atoms with van der Waals surface area (Å²) >= 11 is 0. The van der Waals surface area contributed by atoms with Gasteiger partial charge in [-0.1, -0.05) is 193 Å². The number of hydrogen-bond donors (Lipinski definition) is 0. The highest BCUT2D eigenvalue weighted by Crippen LogP contribution is 2.50. The van der Waals surface area contributed by atoms with Gasteiger partial charge in [0.2, 0.25) is 0 Å². The van der Waals surface area contributed by atoms with E-state index in [4.69, 9.17) is 0 Å². The average Bonchev–Trinajstić information content (AvgIpc) is 3.66. The van der Waals surface area contributed by atoms with Crippen LogP contribution in [0.3, 0.4) is 0 Å². The molecule has 65 heavy (non-hydrogen) atoms. The number of para-hydroxylation sites is 1. The third-order valence-electron chi connectivity index (χ3n) is 15.5. The number of hydrogen-bond acceptors (Lipinski definition) is 0. The van der Waals surface area contributed by atoms with Crippen molar-refractivity contribution >= 4 is 104 Å². The summed E-state index contributed by atoms with van der Waals surface area (Å²) in [5, 5.41) is 18.4. The van der Waals surface area contributed by atoms with Gasteiger partial charge in [-0.2, -0.15) is 0 Å². The fourth-order valence-corrected chi connectivity index (χ4v) is 12.4. The van der Waals surface area contributed by atoms with E-state index in [1.54, 1.807) is 0 Å². The molecule has 1 unspecified atom stereocenters. The van der Waals surface area contributed by atoms with Gasteiger partial charge in [0.15, 0.2) is 0 Å². The molecule has 0 saturated heterocycles. The predicted molar refractivity (Wildman–Crippen MR) is 282 cm³/mol. The van der Waals surface area contributed by atoms with Crippen molar-refractivity contribution in [3.8, 4) is 11.1 Å². The smallest absolute Gasteiger partial charge is 0.329 e. The fraction of sp³-hybridized carbons (Fsp3) is 0.143. The minimum absolute atomic E-state index is 0.00998. The molecule has 2 heteroatoms. The summed E-state index contributed by atoms with van der Waals surface area (Å²) in [6, 6.07) is 68.4. The molecule has 14 rings (SSSR count). The van der Waals surface area contributed by atoms with Crippen LogP contribution in [0, 0.1) is 0 Å². The molecular formula is C63H48BN. The van der Waals surface area contributed by atoms with Gasteiger partial charge in [0.05, 0.1) is 0 Å². The Hall–Kier alpha value is -7.16. The minimum atomic E-state index is -0.0340. The van der Waals surface area contributed by atoms with Crippen LogP contribution in [0.4, 0.5) is 0 Å². The molecule has 0 amide bonds. The maximum atomic E-state index is 2.75. The second-order valence-corrected chi connectivity index (χ2v) is 21.2. The second kappa shape index (κ2) is 12.8. The van der Waals surface area contributed by atoms with Gasteiger partial charge in [0.25, 0.3) is 0 Å². The van der Waals surface area contributed by atoms with Gasteiger partial charge in [-0.15, -0.1) is 0 Å². The number of benzene rings is 11. The van der Waals surface area contributed by atoms with Crippen LogP contribution in [0.25, 0.3) is 97.6 Å². The van der Waals surface area contributed by atoms with E-state index in [-0.39, 0.29) is 23.6 Å². The summed E-state index contributed by atoms with van der Waals surface area (Å²) in [5.74, 6) is 0.00998. The molecule has 0 aliphatic carbocycles. The van der Waals surface area contributed by atoms with Crippen molar-refractivity contribution in [1.82, 2.24) is 4.48 Å². The molecule has 3 heterocycles. The molecule has 2 aliphatic rings. The summed E-state index contributed by atoms with van der Waals surface area (Å²) in [5.41, 5.74) is 15.1. The van der Waals surface area contributed by atoms with E-state index in [2.05, 4.69) is 222 Å². The van der Waals surface area contributed by atoms with Gasteiger partial charge < -0.3 is 4.48 Å². The standard InChI is InChI=1S/C63H48BN/c1-62(2,3)41-27-40(28-42(35-41)63(4,5)6)57-52-33-38-31-50-47-23-13-11-21-45(47)46-22-12-14-24-48(46)51(50)32-39(38)34-55(52)64-60-53(57)29-36-17-7-9-19-43(36)58(60)54-30-37-18-8-10-20-44(37)59-49-25-15-16-26-56(49)65(64)61(54)59/h7-35,57H,1-6H3. The van der Waals surface area contributed by atoms with Crippen LogP contribution in [0.15, 0.2) is 176 Å². The van der Waals surface area contributed by atoms with Crippen LogP contribution < -0.4 is 10.9 Å². The molecule has 1 atom stereocenters. The lowest BCUT2D eigenvalue weighted by molar-refractivity contribution is 0.566. The maximum absolute atomic E-state index is 2.75. The quantitative estimate of drug-likeness (QED) is 0.0882. The van der Waals surface area contributed by atoms with Crippen molar-refractivity contribution in [3.63, 3.8) is 0 Å². The third kappa shape index (κ3) is 5.06. The Balaban J connectivity index is 1.20.